The topological polar surface area (TPSA) is 36.9 Å². The summed E-state index contributed by atoms with van der Waals surface area (Å²) in [5.74, 6) is -0.254. The molecule has 4 heteroatoms. The summed E-state index contributed by atoms with van der Waals surface area (Å²) in [4.78, 5) is 0. The van der Waals surface area contributed by atoms with E-state index in [1.165, 1.54) is 12.0 Å². The van der Waals surface area contributed by atoms with Crippen LogP contribution in [-0.2, 0) is 18.9 Å². The van der Waals surface area contributed by atoms with Crippen molar-refractivity contribution in [1.82, 2.24) is 0 Å². The standard InChI is InChI=1S/C19H32O4/c1-15(2)16-6-9-19(14-16,18(4)22-12-13-23-18)8-5-7-17(3)20-10-11-21-17/h16H,1,5-14H2,2-4H3/t16-,19+/m1/s1. The van der Waals surface area contributed by atoms with Crippen molar-refractivity contribution in [2.45, 2.75) is 70.9 Å². The molecule has 0 aromatic heterocycles. The van der Waals surface area contributed by atoms with E-state index in [0.29, 0.717) is 32.3 Å². The molecule has 0 amide bonds. The molecule has 0 radical (unpaired) electrons. The lowest BCUT2D eigenvalue weighted by molar-refractivity contribution is -0.229. The highest BCUT2D eigenvalue weighted by Gasteiger charge is 2.55. The molecule has 3 rings (SSSR count). The second-order valence-corrected chi connectivity index (χ2v) is 7.89. The van der Waals surface area contributed by atoms with E-state index in [0.717, 1.165) is 32.1 Å². The molecule has 2 atom stereocenters. The van der Waals surface area contributed by atoms with Gasteiger partial charge in [-0.3, -0.25) is 0 Å². The van der Waals surface area contributed by atoms with E-state index in [1.54, 1.807) is 0 Å². The molecule has 1 saturated carbocycles. The summed E-state index contributed by atoms with van der Waals surface area (Å²) in [7, 11) is 0. The van der Waals surface area contributed by atoms with Crippen LogP contribution >= 0.6 is 0 Å². The second-order valence-electron chi connectivity index (χ2n) is 7.89. The Labute approximate surface area is 140 Å². The fraction of sp³-hybridized carbons (Fsp3) is 0.895. The van der Waals surface area contributed by atoms with E-state index in [2.05, 4.69) is 27.4 Å². The van der Waals surface area contributed by atoms with Crippen LogP contribution in [0.3, 0.4) is 0 Å². The van der Waals surface area contributed by atoms with Gasteiger partial charge in [-0.15, -0.1) is 0 Å². The van der Waals surface area contributed by atoms with Gasteiger partial charge in [-0.05, 0) is 58.8 Å². The van der Waals surface area contributed by atoms with Crippen molar-refractivity contribution >= 4 is 0 Å². The average Bonchev–Trinajstić information content (AvgIpc) is 3.20. The van der Waals surface area contributed by atoms with Crippen LogP contribution in [0.25, 0.3) is 0 Å². The predicted octanol–water partition coefficient (Wildman–Crippen LogP) is 4.05. The first-order chi connectivity index (χ1) is 10.9. The van der Waals surface area contributed by atoms with Crippen LogP contribution in [0, 0.1) is 11.3 Å². The van der Waals surface area contributed by atoms with Gasteiger partial charge < -0.3 is 18.9 Å². The Balaban J connectivity index is 1.67. The Bertz CT molecular complexity index is 435. The normalized spacial score (nSPS) is 35.7. The van der Waals surface area contributed by atoms with Crippen LogP contribution in [0.4, 0.5) is 0 Å². The van der Waals surface area contributed by atoms with Gasteiger partial charge in [0, 0.05) is 11.8 Å². The minimum Gasteiger partial charge on any atom is -0.348 e. The molecule has 132 valence electrons. The zero-order valence-corrected chi connectivity index (χ0v) is 15.0. The van der Waals surface area contributed by atoms with Crippen LogP contribution in [-0.4, -0.2) is 38.0 Å². The summed E-state index contributed by atoms with van der Waals surface area (Å²) in [5.41, 5.74) is 1.38. The van der Waals surface area contributed by atoms with E-state index in [-0.39, 0.29) is 5.41 Å². The number of hydrogen-bond acceptors (Lipinski definition) is 4. The Morgan fingerprint density at radius 2 is 1.61 bits per heavy atom. The van der Waals surface area contributed by atoms with Gasteiger partial charge in [0.1, 0.15) is 0 Å². The van der Waals surface area contributed by atoms with Crippen molar-refractivity contribution in [2.75, 3.05) is 26.4 Å². The van der Waals surface area contributed by atoms with E-state index in [4.69, 9.17) is 18.9 Å². The van der Waals surface area contributed by atoms with Gasteiger partial charge in [0.2, 0.25) is 0 Å². The molecular formula is C19H32O4. The molecule has 2 saturated heterocycles. The SMILES string of the molecule is C=C(C)[C@@H]1CC[C@](CCCC2(C)OCCO2)(C2(C)OCCO2)C1. The van der Waals surface area contributed by atoms with Gasteiger partial charge >= 0.3 is 0 Å². The molecule has 3 fully saturated rings. The maximum absolute atomic E-state index is 6.09. The molecule has 1 aliphatic carbocycles. The highest BCUT2D eigenvalue weighted by atomic mass is 16.7. The predicted molar refractivity (Wildman–Crippen MR) is 89.1 cm³/mol. The second kappa shape index (κ2) is 6.47. The first kappa shape index (κ1) is 17.4. The van der Waals surface area contributed by atoms with E-state index >= 15 is 0 Å². The highest BCUT2D eigenvalue weighted by molar-refractivity contribution is 5.08. The maximum Gasteiger partial charge on any atom is 0.171 e. The zero-order valence-electron chi connectivity index (χ0n) is 15.0. The number of allylic oxidation sites excluding steroid dienone is 1. The fourth-order valence-electron chi connectivity index (χ4n) is 4.68. The lowest BCUT2D eigenvalue weighted by atomic mass is 9.72. The van der Waals surface area contributed by atoms with Crippen molar-refractivity contribution in [3.8, 4) is 0 Å². The van der Waals surface area contributed by atoms with Gasteiger partial charge in [0.25, 0.3) is 0 Å². The summed E-state index contributed by atoms with van der Waals surface area (Å²) >= 11 is 0. The van der Waals surface area contributed by atoms with Gasteiger partial charge in [-0.25, -0.2) is 0 Å². The third kappa shape index (κ3) is 3.37. The fourth-order valence-corrected chi connectivity index (χ4v) is 4.68. The van der Waals surface area contributed by atoms with Crippen molar-refractivity contribution in [1.29, 1.82) is 0 Å². The van der Waals surface area contributed by atoms with Crippen molar-refractivity contribution < 1.29 is 18.9 Å². The van der Waals surface area contributed by atoms with Crippen LogP contribution in [0.5, 0.6) is 0 Å². The molecule has 0 N–H and O–H groups in total. The van der Waals surface area contributed by atoms with Crippen molar-refractivity contribution in [3.63, 3.8) is 0 Å². The summed E-state index contributed by atoms with van der Waals surface area (Å²) in [5, 5.41) is 0. The minimum atomic E-state index is -0.449. The third-order valence-corrected chi connectivity index (χ3v) is 6.29. The van der Waals surface area contributed by atoms with Gasteiger partial charge in [-0.1, -0.05) is 12.2 Å². The molecule has 0 unspecified atom stereocenters. The van der Waals surface area contributed by atoms with Crippen molar-refractivity contribution in [3.05, 3.63) is 12.2 Å². The molecule has 0 bridgehead atoms. The summed E-state index contributed by atoms with van der Waals surface area (Å²) < 4.78 is 23.7. The van der Waals surface area contributed by atoms with Gasteiger partial charge in [0.05, 0.1) is 26.4 Å². The lowest BCUT2D eigenvalue weighted by Crippen LogP contribution is -2.46. The quantitative estimate of drug-likeness (QED) is 0.691. The summed E-state index contributed by atoms with van der Waals surface area (Å²) in [6.07, 6.45) is 6.57. The van der Waals surface area contributed by atoms with E-state index in [9.17, 15) is 0 Å². The molecule has 2 aliphatic heterocycles. The lowest BCUT2D eigenvalue weighted by Gasteiger charge is -2.43. The monoisotopic (exact) mass is 324 g/mol. The molecule has 0 aromatic rings. The Morgan fingerprint density at radius 3 is 2.17 bits per heavy atom. The molecule has 0 aromatic carbocycles. The maximum atomic E-state index is 6.09. The molecule has 23 heavy (non-hydrogen) atoms. The Hall–Kier alpha value is -0.420. The first-order valence-corrected chi connectivity index (χ1v) is 9.09. The zero-order chi connectivity index (χ0) is 16.6. The first-order valence-electron chi connectivity index (χ1n) is 9.09. The van der Waals surface area contributed by atoms with Crippen LogP contribution in [0.1, 0.15) is 59.3 Å². The van der Waals surface area contributed by atoms with Crippen LogP contribution in [0.2, 0.25) is 0 Å². The Kier molecular flexibility index (Phi) is 4.90. The Morgan fingerprint density at radius 1 is 1.00 bits per heavy atom. The average molecular weight is 324 g/mol. The summed E-state index contributed by atoms with van der Waals surface area (Å²) in [6.45, 7) is 13.4. The molecule has 3 aliphatic rings. The number of ether oxygens (including phenoxy) is 4. The molecule has 2 heterocycles. The smallest absolute Gasteiger partial charge is 0.171 e. The summed E-state index contributed by atoms with van der Waals surface area (Å²) in [6, 6.07) is 0. The van der Waals surface area contributed by atoms with Gasteiger partial charge in [0.15, 0.2) is 11.6 Å². The molecule has 0 spiro atoms. The minimum absolute atomic E-state index is 0.0854. The third-order valence-electron chi connectivity index (χ3n) is 6.29. The number of rotatable bonds is 6. The van der Waals surface area contributed by atoms with Gasteiger partial charge in [-0.2, -0.15) is 0 Å². The van der Waals surface area contributed by atoms with Crippen LogP contribution < -0.4 is 0 Å². The highest BCUT2D eigenvalue weighted by Crippen LogP contribution is 2.56. The molecular weight excluding hydrogens is 292 g/mol. The van der Waals surface area contributed by atoms with E-state index < -0.39 is 11.6 Å². The van der Waals surface area contributed by atoms with Crippen molar-refractivity contribution in [2.24, 2.45) is 11.3 Å². The van der Waals surface area contributed by atoms with Crippen LogP contribution in [0.15, 0.2) is 12.2 Å². The largest absolute Gasteiger partial charge is 0.348 e. The molecule has 4 nitrogen and oxygen atoms in total. The van der Waals surface area contributed by atoms with E-state index in [1.807, 2.05) is 0 Å². The number of hydrogen-bond donors (Lipinski definition) is 0.